The summed E-state index contributed by atoms with van der Waals surface area (Å²) in [5.74, 6) is 1.04. The van der Waals surface area contributed by atoms with Crippen LogP contribution in [0.3, 0.4) is 0 Å². The van der Waals surface area contributed by atoms with E-state index in [2.05, 4.69) is 12.2 Å². The van der Waals surface area contributed by atoms with Crippen LogP contribution in [0.1, 0.15) is 44.6 Å². The Morgan fingerprint density at radius 1 is 1.22 bits per heavy atom. The molecule has 1 fully saturated rings. The molecule has 18 heavy (non-hydrogen) atoms. The lowest BCUT2D eigenvalue weighted by Gasteiger charge is -2.28. The van der Waals surface area contributed by atoms with Gasteiger partial charge >= 0.3 is 0 Å². The van der Waals surface area contributed by atoms with Crippen molar-refractivity contribution in [2.45, 2.75) is 51.6 Å². The zero-order chi connectivity index (χ0) is 13.0. The maximum Gasteiger partial charge on any atom is 0.123 e. The van der Waals surface area contributed by atoms with E-state index in [1.165, 1.54) is 38.2 Å². The molecule has 0 saturated heterocycles. The van der Waals surface area contributed by atoms with Gasteiger partial charge in [-0.1, -0.05) is 25.3 Å². The molecule has 1 saturated carbocycles. The third-order valence-corrected chi connectivity index (χ3v) is 4.04. The molecule has 2 rings (SSSR count). The van der Waals surface area contributed by atoms with Gasteiger partial charge in [-0.25, -0.2) is 0 Å². The summed E-state index contributed by atoms with van der Waals surface area (Å²) in [5.41, 5.74) is 0.843. The van der Waals surface area contributed by atoms with E-state index in [1.807, 2.05) is 0 Å². The number of phenolic OH excluding ortho intramolecular Hbond substituents is 2. The van der Waals surface area contributed by atoms with Crippen molar-refractivity contribution in [2.24, 2.45) is 5.92 Å². The third kappa shape index (κ3) is 3.39. The minimum atomic E-state index is 0.108. The van der Waals surface area contributed by atoms with Crippen LogP contribution in [0.5, 0.6) is 11.5 Å². The molecule has 0 radical (unpaired) electrons. The van der Waals surface area contributed by atoms with Gasteiger partial charge in [0.2, 0.25) is 0 Å². The first kappa shape index (κ1) is 13.2. The molecule has 0 spiro atoms. The minimum absolute atomic E-state index is 0.108. The Labute approximate surface area is 109 Å². The fourth-order valence-corrected chi connectivity index (χ4v) is 2.77. The molecule has 1 aromatic carbocycles. The molecule has 1 aromatic rings. The van der Waals surface area contributed by atoms with E-state index in [0.29, 0.717) is 12.6 Å². The maximum atomic E-state index is 9.71. The highest BCUT2D eigenvalue weighted by Crippen LogP contribution is 2.27. The van der Waals surface area contributed by atoms with Crippen molar-refractivity contribution in [2.75, 3.05) is 0 Å². The highest BCUT2D eigenvalue weighted by Gasteiger charge is 2.19. The number of phenols is 2. The molecule has 3 nitrogen and oxygen atoms in total. The number of hydrogen-bond acceptors (Lipinski definition) is 3. The number of aromatic hydroxyl groups is 2. The predicted octanol–water partition coefficient (Wildman–Crippen LogP) is 3.16. The molecule has 0 amide bonds. The van der Waals surface area contributed by atoms with E-state index < -0.39 is 0 Å². The Morgan fingerprint density at radius 2 is 1.94 bits per heavy atom. The van der Waals surface area contributed by atoms with E-state index in [4.69, 9.17) is 0 Å². The first-order valence-corrected chi connectivity index (χ1v) is 6.91. The summed E-state index contributed by atoms with van der Waals surface area (Å²) < 4.78 is 0. The van der Waals surface area contributed by atoms with Crippen molar-refractivity contribution in [3.63, 3.8) is 0 Å². The first-order chi connectivity index (χ1) is 8.66. The topological polar surface area (TPSA) is 52.5 Å². The van der Waals surface area contributed by atoms with Crippen molar-refractivity contribution in [3.05, 3.63) is 23.8 Å². The molecule has 1 atom stereocenters. The summed E-state index contributed by atoms with van der Waals surface area (Å²) in [6.45, 7) is 2.89. The van der Waals surface area contributed by atoms with E-state index in [9.17, 15) is 10.2 Å². The normalized spacial score (nSPS) is 18.7. The molecule has 0 bridgehead atoms. The standard InChI is InChI=1S/C15H23NO2/c1-11(12-5-3-2-4-6-12)16-10-13-7-8-14(17)9-15(13)18/h7-9,11-12,16-18H,2-6,10H2,1H3/t11-/m1/s1. The SMILES string of the molecule is C[C@@H](NCc1ccc(O)cc1O)C1CCCCC1. The number of benzene rings is 1. The van der Waals surface area contributed by atoms with Crippen LogP contribution in [0.4, 0.5) is 0 Å². The summed E-state index contributed by atoms with van der Waals surface area (Å²) in [4.78, 5) is 0. The van der Waals surface area contributed by atoms with Crippen molar-refractivity contribution >= 4 is 0 Å². The second-order valence-electron chi connectivity index (χ2n) is 5.38. The van der Waals surface area contributed by atoms with Gasteiger partial charge in [-0.2, -0.15) is 0 Å². The van der Waals surface area contributed by atoms with Crippen LogP contribution in [0.2, 0.25) is 0 Å². The molecule has 3 N–H and O–H groups in total. The molecule has 1 aliphatic carbocycles. The van der Waals surface area contributed by atoms with Gasteiger partial charge in [0, 0.05) is 24.2 Å². The van der Waals surface area contributed by atoms with Gasteiger partial charge in [0.15, 0.2) is 0 Å². The Morgan fingerprint density at radius 3 is 2.61 bits per heavy atom. The van der Waals surface area contributed by atoms with Crippen molar-refractivity contribution < 1.29 is 10.2 Å². The van der Waals surface area contributed by atoms with E-state index in [0.717, 1.165) is 11.5 Å². The lowest BCUT2D eigenvalue weighted by molar-refractivity contribution is 0.280. The molecule has 1 aliphatic rings. The van der Waals surface area contributed by atoms with Crippen molar-refractivity contribution in [1.82, 2.24) is 5.32 Å². The van der Waals surface area contributed by atoms with E-state index in [-0.39, 0.29) is 11.5 Å². The largest absolute Gasteiger partial charge is 0.508 e. The molecule has 0 heterocycles. The minimum Gasteiger partial charge on any atom is -0.508 e. The Kier molecular flexibility index (Phi) is 4.48. The van der Waals surface area contributed by atoms with Crippen molar-refractivity contribution in [1.29, 1.82) is 0 Å². The molecule has 100 valence electrons. The lowest BCUT2D eigenvalue weighted by Crippen LogP contribution is -2.34. The first-order valence-electron chi connectivity index (χ1n) is 6.91. The second-order valence-corrected chi connectivity index (χ2v) is 5.38. The van der Waals surface area contributed by atoms with Gasteiger partial charge in [0.05, 0.1) is 0 Å². The number of nitrogens with one attached hydrogen (secondary N) is 1. The van der Waals surface area contributed by atoms with Crippen LogP contribution >= 0.6 is 0 Å². The summed E-state index contributed by atoms with van der Waals surface area (Å²) in [7, 11) is 0. The Balaban J connectivity index is 1.86. The molecular weight excluding hydrogens is 226 g/mol. The van der Waals surface area contributed by atoms with Crippen LogP contribution in [0.15, 0.2) is 18.2 Å². The van der Waals surface area contributed by atoms with Crippen LogP contribution in [-0.4, -0.2) is 16.3 Å². The lowest BCUT2D eigenvalue weighted by atomic mass is 9.84. The fraction of sp³-hybridized carbons (Fsp3) is 0.600. The second kappa shape index (κ2) is 6.10. The predicted molar refractivity (Wildman–Crippen MR) is 72.6 cm³/mol. The quantitative estimate of drug-likeness (QED) is 0.768. The van der Waals surface area contributed by atoms with Gasteiger partial charge in [0.1, 0.15) is 11.5 Å². The van der Waals surface area contributed by atoms with Gasteiger partial charge in [-0.3, -0.25) is 0 Å². The molecule has 0 aliphatic heterocycles. The summed E-state index contributed by atoms with van der Waals surface area (Å²) in [6, 6.07) is 5.26. The summed E-state index contributed by atoms with van der Waals surface area (Å²) in [5, 5.41) is 22.4. The Bertz CT molecular complexity index is 386. The van der Waals surface area contributed by atoms with Gasteiger partial charge in [0.25, 0.3) is 0 Å². The fourth-order valence-electron chi connectivity index (χ4n) is 2.77. The van der Waals surface area contributed by atoms with Crippen molar-refractivity contribution in [3.8, 4) is 11.5 Å². The Hall–Kier alpha value is -1.22. The van der Waals surface area contributed by atoms with Gasteiger partial charge in [-0.05, 0) is 31.7 Å². The number of rotatable bonds is 4. The van der Waals surface area contributed by atoms with E-state index >= 15 is 0 Å². The summed E-state index contributed by atoms with van der Waals surface area (Å²) in [6.07, 6.45) is 6.70. The van der Waals surface area contributed by atoms with Gasteiger partial charge in [-0.15, -0.1) is 0 Å². The average molecular weight is 249 g/mol. The number of hydrogen-bond donors (Lipinski definition) is 3. The van der Waals surface area contributed by atoms with E-state index in [1.54, 1.807) is 12.1 Å². The third-order valence-electron chi connectivity index (χ3n) is 4.04. The maximum absolute atomic E-state index is 9.71. The molecule has 3 heteroatoms. The average Bonchev–Trinajstić information content (AvgIpc) is 2.38. The summed E-state index contributed by atoms with van der Waals surface area (Å²) >= 11 is 0. The van der Waals surface area contributed by atoms with Gasteiger partial charge < -0.3 is 15.5 Å². The van der Waals surface area contributed by atoms with Crippen LogP contribution in [0, 0.1) is 5.92 Å². The van der Waals surface area contributed by atoms with Crippen LogP contribution in [0.25, 0.3) is 0 Å². The smallest absolute Gasteiger partial charge is 0.123 e. The monoisotopic (exact) mass is 249 g/mol. The van der Waals surface area contributed by atoms with Crippen LogP contribution in [-0.2, 0) is 6.54 Å². The van der Waals surface area contributed by atoms with Crippen LogP contribution < -0.4 is 5.32 Å². The highest BCUT2D eigenvalue weighted by molar-refractivity contribution is 5.38. The molecular formula is C15H23NO2. The molecule has 0 unspecified atom stereocenters. The highest BCUT2D eigenvalue weighted by atomic mass is 16.3. The molecule has 0 aromatic heterocycles. The zero-order valence-corrected chi connectivity index (χ0v) is 11.0. The zero-order valence-electron chi connectivity index (χ0n) is 11.0.